The monoisotopic (exact) mass is 386 g/mol. The van der Waals surface area contributed by atoms with Crippen LogP contribution >= 0.6 is 11.3 Å². The van der Waals surface area contributed by atoms with Crippen LogP contribution in [0.15, 0.2) is 47.3 Å². The molecule has 2 aromatic carbocycles. The molecule has 0 unspecified atom stereocenters. The summed E-state index contributed by atoms with van der Waals surface area (Å²) in [5.41, 5.74) is 1.53. The topological polar surface area (TPSA) is 69.6 Å². The van der Waals surface area contributed by atoms with Crippen LogP contribution in [0.2, 0.25) is 0 Å². The summed E-state index contributed by atoms with van der Waals surface area (Å²) in [6, 6.07) is 12.6. The Balaban J connectivity index is 1.73. The molecule has 1 aromatic heterocycles. The largest absolute Gasteiger partial charge is 0.497 e. The van der Waals surface area contributed by atoms with E-state index in [1.165, 1.54) is 11.3 Å². The van der Waals surface area contributed by atoms with Crippen LogP contribution in [0.1, 0.15) is 20.3 Å². The molecule has 7 heteroatoms. The lowest BCUT2D eigenvalue weighted by atomic mass is 10.2. The number of anilines is 1. The highest BCUT2D eigenvalue weighted by molar-refractivity contribution is 7.16. The molecule has 0 fully saturated rings. The number of carbonyl (C=O) groups excluding carboxylic acids is 1. The Bertz CT molecular complexity index is 991. The van der Waals surface area contributed by atoms with Gasteiger partial charge in [0.15, 0.2) is 6.10 Å². The fourth-order valence-corrected chi connectivity index (χ4v) is 3.80. The summed E-state index contributed by atoms with van der Waals surface area (Å²) in [6.07, 6.45) is -0.0901. The fourth-order valence-electron chi connectivity index (χ4n) is 2.81. The average Bonchev–Trinajstić information content (AvgIpc) is 3.00. The molecular weight excluding hydrogens is 364 g/mol. The highest BCUT2D eigenvalue weighted by Crippen LogP contribution is 2.23. The van der Waals surface area contributed by atoms with E-state index in [0.717, 1.165) is 16.0 Å². The van der Waals surface area contributed by atoms with Crippen LogP contribution in [0.3, 0.4) is 0 Å². The van der Waals surface area contributed by atoms with Gasteiger partial charge in [-0.2, -0.15) is 0 Å². The van der Waals surface area contributed by atoms with E-state index < -0.39 is 6.10 Å². The third kappa shape index (κ3) is 4.14. The van der Waals surface area contributed by atoms with Crippen LogP contribution in [0.5, 0.6) is 11.5 Å². The van der Waals surface area contributed by atoms with Gasteiger partial charge in [0.05, 0.1) is 17.3 Å². The lowest BCUT2D eigenvalue weighted by molar-refractivity contribution is -0.122. The summed E-state index contributed by atoms with van der Waals surface area (Å²) in [4.78, 5) is 24.6. The molecule has 1 heterocycles. The third-order valence-electron chi connectivity index (χ3n) is 4.25. The Morgan fingerprint density at radius 2 is 1.85 bits per heavy atom. The number of methoxy groups -OCH3 is 1. The van der Waals surface area contributed by atoms with Gasteiger partial charge in [0.1, 0.15) is 11.5 Å². The van der Waals surface area contributed by atoms with E-state index in [9.17, 15) is 9.59 Å². The number of nitrogens with zero attached hydrogens (tertiary/aromatic N) is 1. The normalized spacial score (nSPS) is 12.0. The minimum absolute atomic E-state index is 0.00486. The zero-order chi connectivity index (χ0) is 19.4. The van der Waals surface area contributed by atoms with Crippen molar-refractivity contribution in [2.75, 3.05) is 12.4 Å². The Morgan fingerprint density at radius 3 is 2.48 bits per heavy atom. The number of aryl methyl sites for hydroxylation is 1. The van der Waals surface area contributed by atoms with Gasteiger partial charge in [0.2, 0.25) is 0 Å². The predicted molar refractivity (Wildman–Crippen MR) is 108 cm³/mol. The second kappa shape index (κ2) is 8.26. The molecule has 1 N–H and O–H groups in total. The fraction of sp³-hybridized carbons (Fsp3) is 0.300. The Labute approximate surface area is 161 Å². The number of thiazole rings is 1. The van der Waals surface area contributed by atoms with E-state index in [4.69, 9.17) is 9.47 Å². The Hall–Kier alpha value is -2.80. The average molecular weight is 386 g/mol. The molecule has 1 atom stereocenters. The maximum Gasteiger partial charge on any atom is 0.308 e. The second-order valence-electron chi connectivity index (χ2n) is 5.97. The number of hydrogen-bond donors (Lipinski definition) is 1. The molecule has 6 nitrogen and oxygen atoms in total. The van der Waals surface area contributed by atoms with Gasteiger partial charge in [-0.25, -0.2) is 0 Å². The molecule has 0 radical (unpaired) electrons. The first-order valence-corrected chi connectivity index (χ1v) is 9.62. The SMILES string of the molecule is CC[C@H](Oc1ccc(OC)cc1)C(=O)Nc1ccc2c(c1)sc(=O)n2CC. The van der Waals surface area contributed by atoms with Crippen LogP contribution in [0, 0.1) is 0 Å². The van der Waals surface area contributed by atoms with Gasteiger partial charge in [-0.3, -0.25) is 14.2 Å². The van der Waals surface area contributed by atoms with Gasteiger partial charge in [0, 0.05) is 12.2 Å². The van der Waals surface area contributed by atoms with Gasteiger partial charge in [-0.1, -0.05) is 18.3 Å². The maximum absolute atomic E-state index is 12.6. The van der Waals surface area contributed by atoms with Crippen molar-refractivity contribution in [2.45, 2.75) is 32.9 Å². The highest BCUT2D eigenvalue weighted by Gasteiger charge is 2.19. The van der Waals surface area contributed by atoms with Crippen LogP contribution in [0.4, 0.5) is 5.69 Å². The van der Waals surface area contributed by atoms with Gasteiger partial charge in [0.25, 0.3) is 5.91 Å². The van der Waals surface area contributed by atoms with Crippen molar-refractivity contribution in [2.24, 2.45) is 0 Å². The molecule has 0 saturated heterocycles. The van der Waals surface area contributed by atoms with Gasteiger partial charge in [-0.05, 0) is 55.8 Å². The molecule has 0 saturated carbocycles. The maximum atomic E-state index is 12.6. The van der Waals surface area contributed by atoms with Crippen LogP contribution in [-0.4, -0.2) is 23.7 Å². The smallest absolute Gasteiger partial charge is 0.308 e. The number of benzene rings is 2. The molecule has 1 amide bonds. The molecule has 3 rings (SSSR count). The van der Waals surface area contributed by atoms with Crippen LogP contribution < -0.4 is 19.7 Å². The quantitative estimate of drug-likeness (QED) is 0.669. The molecule has 0 aliphatic heterocycles. The number of amides is 1. The summed E-state index contributed by atoms with van der Waals surface area (Å²) >= 11 is 1.18. The van der Waals surface area contributed by atoms with Gasteiger partial charge < -0.3 is 14.8 Å². The van der Waals surface area contributed by atoms with E-state index >= 15 is 0 Å². The number of ether oxygens (including phenoxy) is 2. The first-order chi connectivity index (χ1) is 13.0. The van der Waals surface area contributed by atoms with E-state index in [1.54, 1.807) is 42.0 Å². The van der Waals surface area contributed by atoms with Crippen LogP contribution in [0.25, 0.3) is 10.2 Å². The molecule has 0 bridgehead atoms. The number of rotatable bonds is 7. The highest BCUT2D eigenvalue weighted by atomic mass is 32.1. The summed E-state index contributed by atoms with van der Waals surface area (Å²) in [5.74, 6) is 1.10. The molecule has 142 valence electrons. The van der Waals surface area contributed by atoms with Crippen molar-refractivity contribution >= 4 is 33.1 Å². The zero-order valence-corrected chi connectivity index (χ0v) is 16.3. The van der Waals surface area contributed by atoms with Crippen molar-refractivity contribution in [3.8, 4) is 11.5 Å². The summed E-state index contributed by atoms with van der Waals surface area (Å²) < 4.78 is 13.5. The second-order valence-corrected chi connectivity index (χ2v) is 6.97. The third-order valence-corrected chi connectivity index (χ3v) is 5.19. The molecular formula is C20H22N2O4S. The first-order valence-electron chi connectivity index (χ1n) is 8.80. The number of carbonyl (C=O) groups is 1. The summed E-state index contributed by atoms with van der Waals surface area (Å²) in [6.45, 7) is 4.45. The Kier molecular flexibility index (Phi) is 5.81. The predicted octanol–water partition coefficient (Wildman–Crippen LogP) is 3.89. The minimum Gasteiger partial charge on any atom is -0.497 e. The lowest BCUT2D eigenvalue weighted by Gasteiger charge is -2.17. The minimum atomic E-state index is -0.618. The summed E-state index contributed by atoms with van der Waals surface area (Å²) in [7, 11) is 1.60. The van der Waals surface area contributed by atoms with E-state index in [1.807, 2.05) is 26.0 Å². The number of aromatic nitrogens is 1. The van der Waals surface area contributed by atoms with Crippen molar-refractivity contribution in [3.63, 3.8) is 0 Å². The van der Waals surface area contributed by atoms with Crippen molar-refractivity contribution < 1.29 is 14.3 Å². The van der Waals surface area contributed by atoms with Crippen molar-refractivity contribution in [1.29, 1.82) is 0 Å². The van der Waals surface area contributed by atoms with E-state index in [-0.39, 0.29) is 10.8 Å². The van der Waals surface area contributed by atoms with E-state index in [2.05, 4.69) is 5.32 Å². The van der Waals surface area contributed by atoms with E-state index in [0.29, 0.717) is 24.4 Å². The molecule has 27 heavy (non-hydrogen) atoms. The Morgan fingerprint density at radius 1 is 1.15 bits per heavy atom. The molecule has 0 aliphatic carbocycles. The molecule has 0 aliphatic rings. The molecule has 3 aromatic rings. The standard InChI is InChI=1S/C20H22N2O4S/c1-4-17(26-15-9-7-14(25-3)8-10-15)19(23)21-13-6-11-16-18(12-13)27-20(24)22(16)5-2/h6-12,17H,4-5H2,1-3H3,(H,21,23)/t17-/m0/s1. The lowest BCUT2D eigenvalue weighted by Crippen LogP contribution is -2.32. The van der Waals surface area contributed by atoms with Crippen molar-refractivity contribution in [3.05, 3.63) is 52.1 Å². The number of fused-ring (bicyclic) bond motifs is 1. The van der Waals surface area contributed by atoms with Gasteiger partial charge in [-0.15, -0.1) is 0 Å². The van der Waals surface area contributed by atoms with Crippen molar-refractivity contribution in [1.82, 2.24) is 4.57 Å². The number of hydrogen-bond acceptors (Lipinski definition) is 5. The first kappa shape index (κ1) is 19.0. The number of nitrogens with one attached hydrogen (secondary N) is 1. The molecule has 0 spiro atoms. The zero-order valence-electron chi connectivity index (χ0n) is 15.5. The van der Waals surface area contributed by atoms with Gasteiger partial charge >= 0.3 is 4.87 Å². The summed E-state index contributed by atoms with van der Waals surface area (Å²) in [5, 5.41) is 2.88. The van der Waals surface area contributed by atoms with Crippen LogP contribution in [-0.2, 0) is 11.3 Å².